The average Bonchev–Trinajstić information content (AvgIpc) is 3.04. The van der Waals surface area contributed by atoms with Crippen molar-refractivity contribution in [1.29, 1.82) is 0 Å². The van der Waals surface area contributed by atoms with Crippen LogP contribution in [0.15, 0.2) is 73.1 Å². The van der Waals surface area contributed by atoms with E-state index in [-0.39, 0.29) is 5.88 Å². The second-order valence-electron chi connectivity index (χ2n) is 5.39. The Hall–Kier alpha value is -3.34. The van der Waals surface area contributed by atoms with Crippen LogP contribution in [-0.2, 0) is 6.61 Å². The Balaban J connectivity index is 1.67. The Morgan fingerprint density at radius 2 is 1.71 bits per heavy atom. The Kier molecular flexibility index (Phi) is 3.59. The predicted molar refractivity (Wildman–Crippen MR) is 90.9 cm³/mol. The molecular formula is C19H15N3O2. The maximum Gasteiger partial charge on any atom is 0.237 e. The molecule has 24 heavy (non-hydrogen) atoms. The van der Waals surface area contributed by atoms with E-state index in [4.69, 9.17) is 4.74 Å². The van der Waals surface area contributed by atoms with Crippen LogP contribution in [0.1, 0.15) is 5.56 Å². The van der Waals surface area contributed by atoms with E-state index in [0.717, 1.165) is 22.6 Å². The number of imidazole rings is 1. The highest BCUT2D eigenvalue weighted by atomic mass is 16.5. The zero-order chi connectivity index (χ0) is 16.4. The lowest BCUT2D eigenvalue weighted by molar-refractivity contribution is 0.307. The first-order chi connectivity index (χ1) is 11.8. The van der Waals surface area contributed by atoms with E-state index in [1.54, 1.807) is 10.6 Å². The molecule has 0 radical (unpaired) electrons. The molecule has 0 amide bonds. The molecular weight excluding hydrogens is 302 g/mol. The van der Waals surface area contributed by atoms with Crippen LogP contribution in [0.5, 0.6) is 11.6 Å². The lowest BCUT2D eigenvalue weighted by Gasteiger charge is -2.10. The van der Waals surface area contributed by atoms with Crippen molar-refractivity contribution in [1.82, 2.24) is 14.4 Å². The lowest BCUT2D eigenvalue weighted by Crippen LogP contribution is -1.96. The summed E-state index contributed by atoms with van der Waals surface area (Å²) in [6.45, 7) is 0.490. The maximum absolute atomic E-state index is 9.49. The molecule has 5 heteroatoms. The second-order valence-corrected chi connectivity index (χ2v) is 5.39. The van der Waals surface area contributed by atoms with Gasteiger partial charge in [0.1, 0.15) is 12.4 Å². The van der Waals surface area contributed by atoms with Gasteiger partial charge < -0.3 is 9.84 Å². The minimum atomic E-state index is -0.0479. The monoisotopic (exact) mass is 317 g/mol. The van der Waals surface area contributed by atoms with Crippen LogP contribution in [0.4, 0.5) is 0 Å². The summed E-state index contributed by atoms with van der Waals surface area (Å²) in [5.41, 5.74) is 2.74. The summed E-state index contributed by atoms with van der Waals surface area (Å²) in [5, 5.41) is 9.49. The highest BCUT2D eigenvalue weighted by Gasteiger charge is 2.11. The van der Waals surface area contributed by atoms with Gasteiger partial charge in [0.05, 0.1) is 5.69 Å². The number of fused-ring (bicyclic) bond motifs is 1. The summed E-state index contributed by atoms with van der Waals surface area (Å²) in [5.74, 6) is 1.16. The molecule has 2 heterocycles. The SMILES string of the molecule is Oc1ccn2cc(-c3ccccc3OCc3ccccc3)nc2n1. The number of aromatic nitrogens is 3. The van der Waals surface area contributed by atoms with Gasteiger partial charge in [0.25, 0.3) is 0 Å². The third kappa shape index (κ3) is 2.79. The maximum atomic E-state index is 9.49. The summed E-state index contributed by atoms with van der Waals surface area (Å²) in [6.07, 6.45) is 3.59. The average molecular weight is 317 g/mol. The van der Waals surface area contributed by atoms with Gasteiger partial charge in [-0.3, -0.25) is 4.40 Å². The smallest absolute Gasteiger partial charge is 0.237 e. The van der Waals surface area contributed by atoms with Crippen molar-refractivity contribution >= 4 is 5.78 Å². The number of ether oxygens (including phenoxy) is 1. The van der Waals surface area contributed by atoms with E-state index in [9.17, 15) is 5.11 Å². The molecule has 118 valence electrons. The van der Waals surface area contributed by atoms with E-state index < -0.39 is 0 Å². The van der Waals surface area contributed by atoms with Crippen molar-refractivity contribution in [2.75, 3.05) is 0 Å². The van der Waals surface area contributed by atoms with Crippen LogP contribution in [-0.4, -0.2) is 19.5 Å². The van der Waals surface area contributed by atoms with Gasteiger partial charge in [-0.25, -0.2) is 4.98 Å². The predicted octanol–water partition coefficient (Wildman–Crippen LogP) is 3.68. The molecule has 0 spiro atoms. The minimum absolute atomic E-state index is 0.0479. The van der Waals surface area contributed by atoms with Gasteiger partial charge >= 0.3 is 0 Å². The number of aromatic hydroxyl groups is 1. The normalized spacial score (nSPS) is 10.8. The zero-order valence-corrected chi connectivity index (χ0v) is 12.8. The molecule has 0 aliphatic heterocycles. The fourth-order valence-electron chi connectivity index (χ4n) is 2.53. The van der Waals surface area contributed by atoms with Gasteiger partial charge in [-0.05, 0) is 17.7 Å². The second kappa shape index (κ2) is 6.04. The minimum Gasteiger partial charge on any atom is -0.493 e. The first kappa shape index (κ1) is 14.3. The number of hydrogen-bond acceptors (Lipinski definition) is 4. The van der Waals surface area contributed by atoms with Crippen molar-refractivity contribution in [3.05, 3.63) is 78.6 Å². The number of para-hydroxylation sites is 1. The molecule has 0 aliphatic carbocycles. The third-order valence-corrected chi connectivity index (χ3v) is 3.71. The van der Waals surface area contributed by atoms with Crippen molar-refractivity contribution in [3.8, 4) is 22.9 Å². The van der Waals surface area contributed by atoms with Crippen LogP contribution in [0.2, 0.25) is 0 Å². The number of benzene rings is 2. The molecule has 4 aromatic rings. The number of rotatable bonds is 4. The summed E-state index contributed by atoms with van der Waals surface area (Å²) in [6, 6.07) is 19.3. The van der Waals surface area contributed by atoms with E-state index in [0.29, 0.717) is 12.4 Å². The highest BCUT2D eigenvalue weighted by Crippen LogP contribution is 2.30. The van der Waals surface area contributed by atoms with Gasteiger partial charge in [0.15, 0.2) is 0 Å². The molecule has 2 aromatic heterocycles. The van der Waals surface area contributed by atoms with Crippen molar-refractivity contribution < 1.29 is 9.84 Å². The van der Waals surface area contributed by atoms with Crippen LogP contribution in [0, 0.1) is 0 Å². The molecule has 0 atom stereocenters. The van der Waals surface area contributed by atoms with Crippen LogP contribution >= 0.6 is 0 Å². The van der Waals surface area contributed by atoms with E-state index in [2.05, 4.69) is 9.97 Å². The first-order valence-electron chi connectivity index (χ1n) is 7.60. The standard InChI is InChI=1S/C19H15N3O2/c23-18-10-11-22-12-16(20-19(22)21-18)15-8-4-5-9-17(15)24-13-14-6-2-1-3-7-14/h1-12H,13H2,(H,20,21,23). The fourth-order valence-corrected chi connectivity index (χ4v) is 2.53. The summed E-state index contributed by atoms with van der Waals surface area (Å²) in [7, 11) is 0. The van der Waals surface area contributed by atoms with Gasteiger partial charge in [-0.1, -0.05) is 42.5 Å². The van der Waals surface area contributed by atoms with Crippen LogP contribution < -0.4 is 4.74 Å². The van der Waals surface area contributed by atoms with Gasteiger partial charge in [0.2, 0.25) is 11.7 Å². The Morgan fingerprint density at radius 3 is 2.58 bits per heavy atom. The molecule has 2 aromatic carbocycles. The molecule has 0 unspecified atom stereocenters. The van der Waals surface area contributed by atoms with Crippen LogP contribution in [0.3, 0.4) is 0 Å². The Labute approximate surface area is 138 Å². The van der Waals surface area contributed by atoms with E-state index in [1.807, 2.05) is 60.8 Å². The van der Waals surface area contributed by atoms with Crippen molar-refractivity contribution in [2.45, 2.75) is 6.61 Å². The summed E-state index contributed by atoms with van der Waals surface area (Å²) < 4.78 is 7.75. The van der Waals surface area contributed by atoms with E-state index >= 15 is 0 Å². The van der Waals surface area contributed by atoms with Crippen LogP contribution in [0.25, 0.3) is 17.0 Å². The molecule has 0 saturated carbocycles. The Bertz CT molecular complexity index is 980. The first-order valence-corrected chi connectivity index (χ1v) is 7.60. The largest absolute Gasteiger partial charge is 0.493 e. The summed E-state index contributed by atoms with van der Waals surface area (Å²) >= 11 is 0. The molecule has 0 saturated heterocycles. The quantitative estimate of drug-likeness (QED) is 0.624. The van der Waals surface area contributed by atoms with E-state index in [1.165, 1.54) is 6.07 Å². The van der Waals surface area contributed by atoms with Gasteiger partial charge in [-0.15, -0.1) is 0 Å². The Morgan fingerprint density at radius 1 is 0.917 bits per heavy atom. The van der Waals surface area contributed by atoms with Crippen molar-refractivity contribution in [3.63, 3.8) is 0 Å². The topological polar surface area (TPSA) is 59.7 Å². The third-order valence-electron chi connectivity index (χ3n) is 3.71. The molecule has 1 N–H and O–H groups in total. The number of nitrogens with zero attached hydrogens (tertiary/aromatic N) is 3. The lowest BCUT2D eigenvalue weighted by atomic mass is 10.1. The molecule has 0 bridgehead atoms. The highest BCUT2D eigenvalue weighted by molar-refractivity contribution is 5.68. The molecule has 0 fully saturated rings. The summed E-state index contributed by atoms with van der Waals surface area (Å²) in [4.78, 5) is 8.48. The zero-order valence-electron chi connectivity index (χ0n) is 12.8. The van der Waals surface area contributed by atoms with Gasteiger partial charge in [-0.2, -0.15) is 4.98 Å². The molecule has 4 rings (SSSR count). The number of hydrogen-bond donors (Lipinski definition) is 1. The van der Waals surface area contributed by atoms with Crippen molar-refractivity contribution in [2.24, 2.45) is 0 Å². The fraction of sp³-hybridized carbons (Fsp3) is 0.0526. The van der Waals surface area contributed by atoms with Gasteiger partial charge in [0, 0.05) is 24.0 Å². The molecule has 0 aliphatic rings. The molecule has 5 nitrogen and oxygen atoms in total.